The number of allylic oxidation sites excluding steroid dienone is 1. The summed E-state index contributed by atoms with van der Waals surface area (Å²) in [5.41, 5.74) is -1.18. The molecule has 1 aromatic heterocycles. The molecular weight excluding hydrogens is 373 g/mol. The van der Waals surface area contributed by atoms with Crippen molar-refractivity contribution < 1.29 is 50.5 Å². The van der Waals surface area contributed by atoms with E-state index in [9.17, 15) is 24.3 Å². The number of aliphatic hydroxyl groups is 1. The van der Waals surface area contributed by atoms with Gasteiger partial charge in [0.1, 0.15) is 11.3 Å². The maximum absolute atomic E-state index is 12.7. The van der Waals surface area contributed by atoms with Crippen LogP contribution in [0.4, 0.5) is 0 Å². The molecule has 1 aliphatic carbocycles. The van der Waals surface area contributed by atoms with Crippen LogP contribution in [0.2, 0.25) is 0 Å². The molecule has 1 aliphatic rings. The molecule has 1 aromatic rings. The second kappa shape index (κ2) is 9.15. The number of aromatic nitrogens is 2. The third-order valence-corrected chi connectivity index (χ3v) is 4.46. The number of carbonyl (C=O) groups excluding carboxylic acids is 3. The van der Waals surface area contributed by atoms with Crippen LogP contribution in [-0.2, 0) is 20.9 Å². The Balaban J connectivity index is 0.00000392. The Labute approximate surface area is 187 Å². The fourth-order valence-electron chi connectivity index (χ4n) is 3.08. The van der Waals surface area contributed by atoms with E-state index >= 15 is 0 Å². The van der Waals surface area contributed by atoms with Gasteiger partial charge in [-0.3, -0.25) is 19.2 Å². The first kappa shape index (κ1) is 24.3. The average molecular weight is 399 g/mol. The molecule has 9 heteroatoms. The van der Waals surface area contributed by atoms with Crippen LogP contribution in [0, 0.1) is 12.3 Å². The SMILES string of the molecule is Cc1cc(C(O)=C2C(=O)CC(C)(C)CC2=O)c(=O)n(CCC(=O)N(C)C)n1.[H-].[Na+]. The minimum Gasteiger partial charge on any atom is -1.00 e. The molecule has 0 atom stereocenters. The molecule has 0 unspecified atom stereocenters. The molecule has 0 aromatic carbocycles. The molecule has 0 spiro atoms. The number of nitrogens with zero attached hydrogens (tertiary/aromatic N) is 3. The number of aliphatic hydroxyl groups excluding tert-OH is 1. The number of hydrogen-bond acceptors (Lipinski definition) is 6. The molecule has 8 nitrogen and oxygen atoms in total. The van der Waals surface area contributed by atoms with Gasteiger partial charge in [0.15, 0.2) is 11.6 Å². The number of amides is 1. The van der Waals surface area contributed by atoms with Crippen molar-refractivity contribution in [2.24, 2.45) is 5.41 Å². The van der Waals surface area contributed by atoms with Crippen molar-refractivity contribution in [2.45, 2.75) is 46.6 Å². The molecule has 1 saturated carbocycles. The summed E-state index contributed by atoms with van der Waals surface area (Å²) in [5, 5.41) is 14.7. The maximum atomic E-state index is 12.7. The fourth-order valence-corrected chi connectivity index (χ4v) is 3.08. The van der Waals surface area contributed by atoms with E-state index in [4.69, 9.17) is 0 Å². The van der Waals surface area contributed by atoms with Crippen LogP contribution in [0.5, 0.6) is 0 Å². The molecule has 1 amide bonds. The molecule has 2 rings (SSSR count). The van der Waals surface area contributed by atoms with Gasteiger partial charge in [0, 0.05) is 33.4 Å². The third kappa shape index (κ3) is 5.40. The standard InChI is InChI=1S/C19H25N3O5.Na.H/c1-11-8-12(18(27)22(20-11)7-6-15(25)21(4)5)17(26)16-13(23)9-19(2,3)10-14(16)24;;/h8,26H,6-7,9-10H2,1-5H3;;/q;+1;-1. The van der Waals surface area contributed by atoms with Gasteiger partial charge in [0.2, 0.25) is 5.91 Å². The van der Waals surface area contributed by atoms with Crippen molar-refractivity contribution >= 4 is 23.2 Å². The number of hydrogen-bond donors (Lipinski definition) is 1. The summed E-state index contributed by atoms with van der Waals surface area (Å²) in [4.78, 5) is 50.6. The molecule has 28 heavy (non-hydrogen) atoms. The van der Waals surface area contributed by atoms with Crippen molar-refractivity contribution in [3.8, 4) is 0 Å². The van der Waals surface area contributed by atoms with Crippen LogP contribution in [0.25, 0.3) is 5.76 Å². The first-order valence-corrected chi connectivity index (χ1v) is 8.72. The Kier molecular flexibility index (Phi) is 7.93. The van der Waals surface area contributed by atoms with Gasteiger partial charge < -0.3 is 11.4 Å². The molecule has 1 heterocycles. The van der Waals surface area contributed by atoms with Crippen molar-refractivity contribution in [3.05, 3.63) is 33.3 Å². The van der Waals surface area contributed by atoms with Crippen LogP contribution < -0.4 is 35.1 Å². The van der Waals surface area contributed by atoms with E-state index in [1.54, 1.807) is 21.0 Å². The molecule has 0 bridgehead atoms. The van der Waals surface area contributed by atoms with Crippen molar-refractivity contribution in [3.63, 3.8) is 0 Å². The van der Waals surface area contributed by atoms with Crippen LogP contribution in [-0.4, -0.2) is 51.4 Å². The monoisotopic (exact) mass is 399 g/mol. The van der Waals surface area contributed by atoms with E-state index in [0.717, 1.165) is 4.68 Å². The number of Topliss-reactive ketones (excluding diaryl/α,β-unsaturated/α-hetero) is 2. The Bertz CT molecular complexity index is 884. The first-order chi connectivity index (χ1) is 12.4. The molecule has 1 N–H and O–H groups in total. The van der Waals surface area contributed by atoms with E-state index in [-0.39, 0.29) is 73.8 Å². The summed E-state index contributed by atoms with van der Waals surface area (Å²) in [6.07, 6.45) is 0.299. The zero-order valence-corrected chi connectivity index (χ0v) is 19.3. The van der Waals surface area contributed by atoms with Crippen LogP contribution >= 0.6 is 0 Å². The molecule has 1 fully saturated rings. The number of aryl methyl sites for hydroxylation is 2. The topological polar surface area (TPSA) is 110 Å². The van der Waals surface area contributed by atoms with Gasteiger partial charge in [-0.05, 0) is 18.4 Å². The van der Waals surface area contributed by atoms with Crippen LogP contribution in [0.15, 0.2) is 16.4 Å². The van der Waals surface area contributed by atoms with E-state index < -0.39 is 28.3 Å². The molecule has 148 valence electrons. The minimum absolute atomic E-state index is 0. The summed E-state index contributed by atoms with van der Waals surface area (Å²) in [7, 11) is 3.22. The van der Waals surface area contributed by atoms with Gasteiger partial charge in [0.05, 0.1) is 17.8 Å². The summed E-state index contributed by atoms with van der Waals surface area (Å²) in [6, 6.07) is 1.34. The van der Waals surface area contributed by atoms with Gasteiger partial charge in [-0.2, -0.15) is 5.10 Å². The van der Waals surface area contributed by atoms with Gasteiger partial charge in [-0.15, -0.1) is 0 Å². The Morgan fingerprint density at radius 1 is 1.25 bits per heavy atom. The average Bonchev–Trinajstić information content (AvgIpc) is 2.52. The van der Waals surface area contributed by atoms with E-state index in [1.807, 2.05) is 13.8 Å². The first-order valence-electron chi connectivity index (χ1n) is 8.72. The predicted octanol–water partition coefficient (Wildman–Crippen LogP) is -1.63. The molecule has 0 aliphatic heterocycles. The second-order valence-corrected chi connectivity index (χ2v) is 7.85. The van der Waals surface area contributed by atoms with Gasteiger partial charge >= 0.3 is 29.6 Å². The number of carbonyl (C=O) groups is 3. The smallest absolute Gasteiger partial charge is 1.00 e. The zero-order chi connectivity index (χ0) is 20.5. The van der Waals surface area contributed by atoms with Gasteiger partial charge in [0.25, 0.3) is 5.56 Å². The summed E-state index contributed by atoms with van der Waals surface area (Å²) in [6.45, 7) is 5.27. The summed E-state index contributed by atoms with van der Waals surface area (Å²) in [5.74, 6) is -1.73. The molecule has 0 radical (unpaired) electrons. The molecule has 0 saturated heterocycles. The van der Waals surface area contributed by atoms with E-state index in [1.165, 1.54) is 11.0 Å². The van der Waals surface area contributed by atoms with Crippen molar-refractivity contribution in [1.82, 2.24) is 14.7 Å². The summed E-state index contributed by atoms with van der Waals surface area (Å²) < 4.78 is 1.07. The maximum Gasteiger partial charge on any atom is 1.00 e. The molecular formula is C19H26N3NaO5. The summed E-state index contributed by atoms with van der Waals surface area (Å²) >= 11 is 0. The Morgan fingerprint density at radius 3 is 2.29 bits per heavy atom. The third-order valence-electron chi connectivity index (χ3n) is 4.46. The van der Waals surface area contributed by atoms with Gasteiger partial charge in [-0.25, -0.2) is 4.68 Å². The van der Waals surface area contributed by atoms with Gasteiger partial charge in [-0.1, -0.05) is 13.8 Å². The number of ketones is 2. The fraction of sp³-hybridized carbons (Fsp3) is 0.526. The van der Waals surface area contributed by atoms with Crippen molar-refractivity contribution in [1.29, 1.82) is 0 Å². The number of rotatable bonds is 4. The second-order valence-electron chi connectivity index (χ2n) is 7.85. The van der Waals surface area contributed by atoms with E-state index in [0.29, 0.717) is 5.69 Å². The van der Waals surface area contributed by atoms with Crippen molar-refractivity contribution in [2.75, 3.05) is 14.1 Å². The quantitative estimate of drug-likeness (QED) is 0.282. The Morgan fingerprint density at radius 2 is 1.79 bits per heavy atom. The van der Waals surface area contributed by atoms with Crippen LogP contribution in [0.3, 0.4) is 0 Å². The zero-order valence-electron chi connectivity index (χ0n) is 18.3. The van der Waals surface area contributed by atoms with E-state index in [2.05, 4.69) is 5.10 Å². The van der Waals surface area contributed by atoms with Crippen LogP contribution in [0.1, 0.15) is 45.8 Å². The normalized spacial score (nSPS) is 15.8. The minimum atomic E-state index is -0.650. The Hall–Kier alpha value is -1.77. The largest absolute Gasteiger partial charge is 1.00 e. The predicted molar refractivity (Wildman–Crippen MR) is 100 cm³/mol.